The van der Waals surface area contributed by atoms with Crippen molar-refractivity contribution in [3.63, 3.8) is 0 Å². The van der Waals surface area contributed by atoms with Crippen LogP contribution in [0.4, 0.5) is 5.69 Å². The Balaban J connectivity index is 2.31. The second kappa shape index (κ2) is 5.03. The molecule has 1 aliphatic rings. The van der Waals surface area contributed by atoms with Gasteiger partial charge in [0.05, 0.1) is 10.7 Å². The molecule has 0 aromatic heterocycles. The number of nitrogens with one attached hydrogen (secondary N) is 1. The predicted molar refractivity (Wildman–Crippen MR) is 66.2 cm³/mol. The fourth-order valence-electron chi connectivity index (χ4n) is 2.12. The Bertz CT molecular complexity index is 550. The lowest BCUT2D eigenvalue weighted by Gasteiger charge is -2.10. The Hall–Kier alpha value is -1.47. The molecule has 0 unspecified atom stereocenters. The summed E-state index contributed by atoms with van der Waals surface area (Å²) in [5.41, 5.74) is -0.351. The molecule has 0 aliphatic carbocycles. The average molecular weight is 270 g/mol. The highest BCUT2D eigenvalue weighted by Crippen LogP contribution is 2.25. The van der Waals surface area contributed by atoms with Crippen LogP contribution in [0.1, 0.15) is 12.8 Å². The molecular weight excluding hydrogens is 256 g/mol. The molecule has 0 radical (unpaired) electrons. The summed E-state index contributed by atoms with van der Waals surface area (Å²) in [4.78, 5) is 9.98. The van der Waals surface area contributed by atoms with E-state index in [4.69, 9.17) is 0 Å². The lowest BCUT2D eigenvalue weighted by molar-refractivity contribution is -0.387. The second-order valence-electron chi connectivity index (χ2n) is 4.30. The first-order valence-electron chi connectivity index (χ1n) is 5.70. The van der Waals surface area contributed by atoms with Crippen molar-refractivity contribution in [1.29, 1.82) is 0 Å². The van der Waals surface area contributed by atoms with E-state index in [0.717, 1.165) is 19.4 Å². The fourth-order valence-corrected chi connectivity index (χ4v) is 3.87. The summed E-state index contributed by atoms with van der Waals surface area (Å²) >= 11 is 0. The third kappa shape index (κ3) is 2.68. The molecule has 98 valence electrons. The maximum atomic E-state index is 12.2. The molecule has 7 heteroatoms. The molecule has 1 aliphatic heterocycles. The predicted octanol–water partition coefficient (Wildman–Crippen LogP) is 1.12. The molecule has 0 bridgehead atoms. The second-order valence-corrected chi connectivity index (χ2v) is 6.30. The van der Waals surface area contributed by atoms with Gasteiger partial charge in [0.2, 0.25) is 0 Å². The van der Waals surface area contributed by atoms with Crippen molar-refractivity contribution in [2.24, 2.45) is 0 Å². The van der Waals surface area contributed by atoms with E-state index >= 15 is 0 Å². The van der Waals surface area contributed by atoms with Gasteiger partial charge in [0.1, 0.15) is 4.90 Å². The van der Waals surface area contributed by atoms with E-state index in [9.17, 15) is 18.5 Å². The number of rotatable bonds is 4. The lowest BCUT2D eigenvalue weighted by Crippen LogP contribution is -2.30. The van der Waals surface area contributed by atoms with E-state index in [1.807, 2.05) is 0 Å². The minimum atomic E-state index is -3.62. The van der Waals surface area contributed by atoms with Gasteiger partial charge in [-0.25, -0.2) is 8.42 Å². The van der Waals surface area contributed by atoms with Gasteiger partial charge in [0.25, 0.3) is 5.69 Å². The van der Waals surface area contributed by atoms with Gasteiger partial charge in [-0.2, -0.15) is 0 Å². The number of hydrogen-bond acceptors (Lipinski definition) is 5. The van der Waals surface area contributed by atoms with Gasteiger partial charge >= 0.3 is 0 Å². The first-order chi connectivity index (χ1) is 8.50. The highest BCUT2D eigenvalue weighted by atomic mass is 32.2. The molecule has 6 nitrogen and oxygen atoms in total. The van der Waals surface area contributed by atoms with E-state index in [1.54, 1.807) is 0 Å². The zero-order valence-corrected chi connectivity index (χ0v) is 10.5. The molecule has 18 heavy (non-hydrogen) atoms. The van der Waals surface area contributed by atoms with Gasteiger partial charge in [-0.05, 0) is 25.5 Å². The highest BCUT2D eigenvalue weighted by molar-refractivity contribution is 7.91. The lowest BCUT2D eigenvalue weighted by atomic mass is 10.3. The van der Waals surface area contributed by atoms with Gasteiger partial charge < -0.3 is 5.32 Å². The molecule has 0 amide bonds. The zero-order chi connectivity index (χ0) is 13.2. The molecule has 2 rings (SSSR count). The minimum Gasteiger partial charge on any atom is -0.313 e. The Morgan fingerprint density at radius 2 is 2.11 bits per heavy atom. The zero-order valence-electron chi connectivity index (χ0n) is 9.70. The third-order valence-corrected chi connectivity index (χ3v) is 4.84. The van der Waals surface area contributed by atoms with Crippen LogP contribution in [-0.2, 0) is 9.84 Å². The van der Waals surface area contributed by atoms with Crippen LogP contribution in [0.3, 0.4) is 0 Å². The Morgan fingerprint density at radius 3 is 2.72 bits per heavy atom. The molecular formula is C11H14N2O4S. The molecule has 1 heterocycles. The van der Waals surface area contributed by atoms with E-state index in [1.165, 1.54) is 24.3 Å². The molecule has 0 spiro atoms. The minimum absolute atomic E-state index is 0.0855. The quantitative estimate of drug-likeness (QED) is 0.654. The molecule has 1 saturated heterocycles. The van der Waals surface area contributed by atoms with Gasteiger partial charge in [-0.1, -0.05) is 12.1 Å². The maximum absolute atomic E-state index is 12.2. The number of sulfone groups is 1. The van der Waals surface area contributed by atoms with Crippen LogP contribution in [0.25, 0.3) is 0 Å². The summed E-state index contributed by atoms with van der Waals surface area (Å²) in [5.74, 6) is -0.0855. The first kappa shape index (κ1) is 13.0. The summed E-state index contributed by atoms with van der Waals surface area (Å²) in [7, 11) is -3.62. The summed E-state index contributed by atoms with van der Waals surface area (Å²) in [6, 6.07) is 5.37. The van der Waals surface area contributed by atoms with Crippen molar-refractivity contribution >= 4 is 15.5 Å². The molecule has 0 saturated carbocycles. The average Bonchev–Trinajstić information content (AvgIpc) is 2.81. The van der Waals surface area contributed by atoms with Crippen LogP contribution in [0.2, 0.25) is 0 Å². The number of nitro benzene ring substituents is 1. The van der Waals surface area contributed by atoms with E-state index in [0.29, 0.717) is 0 Å². The monoisotopic (exact) mass is 270 g/mol. The summed E-state index contributed by atoms with van der Waals surface area (Å²) in [5, 5.41) is 13.9. The van der Waals surface area contributed by atoms with E-state index < -0.39 is 14.8 Å². The Morgan fingerprint density at radius 1 is 1.39 bits per heavy atom. The number of para-hydroxylation sites is 1. The SMILES string of the molecule is O=[N+]([O-])c1ccccc1S(=O)(=O)C[C@H]1CCCN1. The van der Waals surface area contributed by atoms with E-state index in [2.05, 4.69) is 5.32 Å². The molecule has 1 aromatic carbocycles. The van der Waals surface area contributed by atoms with Crippen molar-refractivity contribution in [2.75, 3.05) is 12.3 Å². The summed E-state index contributed by atoms with van der Waals surface area (Å²) < 4.78 is 24.3. The van der Waals surface area contributed by atoms with Crippen LogP contribution in [0.5, 0.6) is 0 Å². The van der Waals surface area contributed by atoms with Crippen molar-refractivity contribution in [3.05, 3.63) is 34.4 Å². The number of hydrogen-bond donors (Lipinski definition) is 1. The molecule has 1 fully saturated rings. The van der Waals surface area contributed by atoms with Gasteiger partial charge in [0, 0.05) is 12.1 Å². The van der Waals surface area contributed by atoms with Crippen molar-refractivity contribution in [3.8, 4) is 0 Å². The topological polar surface area (TPSA) is 89.3 Å². The van der Waals surface area contributed by atoms with Crippen LogP contribution in [-0.4, -0.2) is 31.7 Å². The molecule has 1 aromatic rings. The van der Waals surface area contributed by atoms with Gasteiger partial charge in [0.15, 0.2) is 9.84 Å². The smallest absolute Gasteiger partial charge is 0.287 e. The van der Waals surface area contributed by atoms with Crippen molar-refractivity contribution in [2.45, 2.75) is 23.8 Å². The maximum Gasteiger partial charge on any atom is 0.287 e. The van der Waals surface area contributed by atoms with Crippen LogP contribution in [0, 0.1) is 10.1 Å². The number of nitro groups is 1. The van der Waals surface area contributed by atoms with Gasteiger partial charge in [-0.3, -0.25) is 10.1 Å². The van der Waals surface area contributed by atoms with Crippen LogP contribution >= 0.6 is 0 Å². The van der Waals surface area contributed by atoms with E-state index in [-0.39, 0.29) is 22.4 Å². The highest BCUT2D eigenvalue weighted by Gasteiger charge is 2.29. The third-order valence-electron chi connectivity index (χ3n) is 2.98. The van der Waals surface area contributed by atoms with Crippen molar-refractivity contribution in [1.82, 2.24) is 5.32 Å². The van der Waals surface area contributed by atoms with Crippen LogP contribution < -0.4 is 5.32 Å². The molecule has 1 atom stereocenters. The fraction of sp³-hybridized carbons (Fsp3) is 0.455. The normalized spacial score (nSPS) is 19.9. The Labute approximate surface area is 105 Å². The number of nitrogens with zero attached hydrogens (tertiary/aromatic N) is 1. The number of benzene rings is 1. The van der Waals surface area contributed by atoms with Gasteiger partial charge in [-0.15, -0.1) is 0 Å². The standard InChI is InChI=1S/C11H14N2O4S/c14-13(15)10-5-1-2-6-11(10)18(16,17)8-9-4-3-7-12-9/h1-2,5-6,9,12H,3-4,7-8H2/t9-/m1/s1. The summed E-state index contributed by atoms with van der Waals surface area (Å²) in [6.45, 7) is 0.803. The summed E-state index contributed by atoms with van der Waals surface area (Å²) in [6.07, 6.45) is 1.73. The molecule has 1 N–H and O–H groups in total. The first-order valence-corrected chi connectivity index (χ1v) is 7.35. The van der Waals surface area contributed by atoms with Crippen LogP contribution in [0.15, 0.2) is 29.2 Å². The Kier molecular flexibility index (Phi) is 3.63. The van der Waals surface area contributed by atoms with Crippen molar-refractivity contribution < 1.29 is 13.3 Å². The largest absolute Gasteiger partial charge is 0.313 e.